The lowest BCUT2D eigenvalue weighted by Crippen LogP contribution is -2.24. The van der Waals surface area contributed by atoms with Gasteiger partial charge >= 0.3 is 5.69 Å². The molecule has 0 bridgehead atoms. The van der Waals surface area contributed by atoms with Gasteiger partial charge in [0.2, 0.25) is 0 Å². The Morgan fingerprint density at radius 2 is 1.93 bits per heavy atom. The van der Waals surface area contributed by atoms with E-state index in [1.807, 2.05) is 6.07 Å². The second-order valence-electron chi connectivity index (χ2n) is 3.37. The van der Waals surface area contributed by atoms with Crippen LogP contribution in [-0.2, 0) is 0 Å². The van der Waals surface area contributed by atoms with Crippen molar-refractivity contribution in [2.45, 2.75) is 0 Å². The molecule has 0 saturated carbocycles. The molecule has 5 nitrogen and oxygen atoms in total. The van der Waals surface area contributed by atoms with Crippen LogP contribution in [0.4, 0.5) is 0 Å². The average molecular weight is 223 g/mol. The van der Waals surface area contributed by atoms with Crippen molar-refractivity contribution >= 4 is 24.4 Å². The summed E-state index contributed by atoms with van der Waals surface area (Å²) < 4.78 is 0. The summed E-state index contributed by atoms with van der Waals surface area (Å²) in [5.41, 5.74) is 0.729. The number of aromatic amines is 2. The van der Waals surface area contributed by atoms with Crippen LogP contribution in [0.2, 0.25) is 0 Å². The Balaban J connectivity index is 2.83. The maximum absolute atomic E-state index is 11.4. The molecule has 78 valence electrons. The summed E-state index contributed by atoms with van der Waals surface area (Å²) in [6.07, 6.45) is 0. The largest absolute Gasteiger partial charge is 0.326 e. The zero-order valence-electron chi connectivity index (χ0n) is 8.37. The third kappa shape index (κ3) is 1.83. The number of fused-ring (bicyclic) bond motifs is 1. The van der Waals surface area contributed by atoms with E-state index in [0.29, 0.717) is 11.0 Å². The van der Waals surface area contributed by atoms with Gasteiger partial charge in [0.1, 0.15) is 0 Å². The van der Waals surface area contributed by atoms with Gasteiger partial charge in [0.15, 0.2) is 5.52 Å². The van der Waals surface area contributed by atoms with E-state index < -0.39 is 11.2 Å². The van der Waals surface area contributed by atoms with Crippen molar-refractivity contribution in [3.63, 3.8) is 0 Å². The van der Waals surface area contributed by atoms with Crippen LogP contribution in [0.3, 0.4) is 0 Å². The average Bonchev–Trinajstić information content (AvgIpc) is 2.16. The van der Waals surface area contributed by atoms with Crippen molar-refractivity contribution in [2.75, 3.05) is 13.3 Å². The Labute approximate surface area is 86.3 Å². The van der Waals surface area contributed by atoms with Gasteiger partial charge in [0.25, 0.3) is 5.56 Å². The third-order valence-corrected chi connectivity index (χ3v) is 3.19. The first-order valence-corrected chi connectivity index (χ1v) is 6.62. The molecule has 0 amide bonds. The van der Waals surface area contributed by atoms with E-state index >= 15 is 0 Å². The van der Waals surface area contributed by atoms with Crippen LogP contribution in [-0.4, -0.2) is 28.3 Å². The zero-order chi connectivity index (χ0) is 11.0. The van der Waals surface area contributed by atoms with Gasteiger partial charge < -0.3 is 4.98 Å². The highest BCUT2D eigenvalue weighted by atomic mass is 31.1. The van der Waals surface area contributed by atoms with Gasteiger partial charge in [-0.05, 0) is 25.5 Å². The smallest absolute Gasteiger partial charge is 0.305 e. The molecule has 0 aliphatic heterocycles. The summed E-state index contributed by atoms with van der Waals surface area (Å²) in [5.74, 6) is 0. The molecule has 0 spiro atoms. The minimum absolute atomic E-state index is 0.295. The lowest BCUT2D eigenvalue weighted by Gasteiger charge is -2.04. The first-order valence-electron chi connectivity index (χ1n) is 4.38. The molecule has 0 saturated heterocycles. The number of hydrogen-bond donors (Lipinski definition) is 2. The van der Waals surface area contributed by atoms with Gasteiger partial charge in [-0.1, -0.05) is 7.92 Å². The van der Waals surface area contributed by atoms with Crippen molar-refractivity contribution in [3.8, 4) is 0 Å². The van der Waals surface area contributed by atoms with Crippen LogP contribution in [0, 0.1) is 0 Å². The number of pyridine rings is 1. The van der Waals surface area contributed by atoms with Gasteiger partial charge in [-0.25, -0.2) is 9.78 Å². The maximum atomic E-state index is 11.4. The first-order chi connectivity index (χ1) is 7.08. The molecule has 2 rings (SSSR count). The number of hydrogen-bond acceptors (Lipinski definition) is 3. The Morgan fingerprint density at radius 1 is 1.20 bits per heavy atom. The lowest BCUT2D eigenvalue weighted by atomic mass is 10.4. The highest BCUT2D eigenvalue weighted by Crippen LogP contribution is 2.21. The van der Waals surface area contributed by atoms with Crippen molar-refractivity contribution in [3.05, 3.63) is 33.0 Å². The predicted molar refractivity (Wildman–Crippen MR) is 61.4 cm³/mol. The van der Waals surface area contributed by atoms with Gasteiger partial charge in [0, 0.05) is 0 Å². The standard InChI is InChI=1S/C9H10N3O2P/c1-15(2)6-4-3-5-7(11-6)8(13)12-9(14)10-5/h3-4H,1-2H3,(H2,10,12,13,14). The molecule has 0 unspecified atom stereocenters. The second-order valence-corrected chi connectivity index (χ2v) is 5.62. The molecule has 15 heavy (non-hydrogen) atoms. The van der Waals surface area contributed by atoms with E-state index in [1.165, 1.54) is 0 Å². The molecule has 2 heterocycles. The van der Waals surface area contributed by atoms with Crippen molar-refractivity contribution in [2.24, 2.45) is 0 Å². The van der Waals surface area contributed by atoms with Crippen LogP contribution < -0.4 is 16.7 Å². The molecule has 0 atom stereocenters. The minimum Gasteiger partial charge on any atom is -0.305 e. The molecular formula is C9H10N3O2P. The topological polar surface area (TPSA) is 78.6 Å². The molecule has 0 aromatic carbocycles. The number of nitrogens with one attached hydrogen (secondary N) is 2. The molecule has 2 N–H and O–H groups in total. The van der Waals surface area contributed by atoms with Gasteiger partial charge in [-0.2, -0.15) is 0 Å². The summed E-state index contributed by atoms with van der Waals surface area (Å²) in [4.78, 5) is 31.3. The number of H-pyrrole nitrogens is 2. The van der Waals surface area contributed by atoms with E-state index in [4.69, 9.17) is 0 Å². The van der Waals surface area contributed by atoms with Crippen molar-refractivity contribution < 1.29 is 0 Å². The number of aromatic nitrogens is 3. The molecular weight excluding hydrogens is 213 g/mol. The first kappa shape index (κ1) is 10.1. The van der Waals surface area contributed by atoms with Gasteiger partial charge in [-0.15, -0.1) is 0 Å². The number of rotatable bonds is 1. The lowest BCUT2D eigenvalue weighted by molar-refractivity contribution is 1.07. The van der Waals surface area contributed by atoms with Gasteiger partial charge in [0.05, 0.1) is 11.0 Å². The normalized spacial score (nSPS) is 11.1. The third-order valence-electron chi connectivity index (χ3n) is 2.03. The predicted octanol–water partition coefficient (Wildman–Crippen LogP) is -0.0218. The summed E-state index contributed by atoms with van der Waals surface area (Å²) in [7, 11) is -0.345. The van der Waals surface area contributed by atoms with E-state index in [2.05, 4.69) is 28.3 Å². The second kappa shape index (κ2) is 3.59. The zero-order valence-corrected chi connectivity index (χ0v) is 9.26. The van der Waals surface area contributed by atoms with Crippen LogP contribution >= 0.6 is 7.92 Å². The molecule has 0 fully saturated rings. The van der Waals surface area contributed by atoms with Gasteiger partial charge in [-0.3, -0.25) is 9.78 Å². The minimum atomic E-state index is -0.502. The Hall–Kier alpha value is -1.48. The van der Waals surface area contributed by atoms with Crippen molar-refractivity contribution in [1.82, 2.24) is 15.0 Å². The molecule has 0 aliphatic carbocycles. The molecule has 0 aliphatic rings. The highest BCUT2D eigenvalue weighted by molar-refractivity contribution is 7.63. The van der Waals surface area contributed by atoms with Crippen LogP contribution in [0.1, 0.15) is 0 Å². The van der Waals surface area contributed by atoms with E-state index in [-0.39, 0.29) is 7.92 Å². The fourth-order valence-electron chi connectivity index (χ4n) is 1.29. The quantitative estimate of drug-likeness (QED) is 0.667. The fourth-order valence-corrected chi connectivity index (χ4v) is 1.96. The fraction of sp³-hybridized carbons (Fsp3) is 0.222. The van der Waals surface area contributed by atoms with E-state index in [1.54, 1.807) is 6.07 Å². The summed E-state index contributed by atoms with van der Waals surface area (Å²) in [6.45, 7) is 4.12. The Morgan fingerprint density at radius 3 is 2.60 bits per heavy atom. The van der Waals surface area contributed by atoms with E-state index in [9.17, 15) is 9.59 Å². The molecule has 0 radical (unpaired) electrons. The maximum Gasteiger partial charge on any atom is 0.326 e. The monoisotopic (exact) mass is 223 g/mol. The summed E-state index contributed by atoms with van der Waals surface area (Å²) in [6, 6.07) is 3.56. The highest BCUT2D eigenvalue weighted by Gasteiger charge is 2.05. The molecule has 2 aromatic heterocycles. The summed E-state index contributed by atoms with van der Waals surface area (Å²) >= 11 is 0. The van der Waals surface area contributed by atoms with Crippen molar-refractivity contribution in [1.29, 1.82) is 0 Å². The number of nitrogens with zero attached hydrogens (tertiary/aromatic N) is 1. The Bertz CT molecular complexity index is 615. The SMILES string of the molecule is CP(C)c1ccc2[nH]c(=O)[nH]c(=O)c2n1. The van der Waals surface area contributed by atoms with E-state index in [0.717, 1.165) is 5.44 Å². The van der Waals surface area contributed by atoms with Crippen LogP contribution in [0.5, 0.6) is 0 Å². The Kier molecular flexibility index (Phi) is 2.40. The molecule has 2 aromatic rings. The van der Waals surface area contributed by atoms with Crippen LogP contribution in [0.15, 0.2) is 21.7 Å². The van der Waals surface area contributed by atoms with Crippen LogP contribution in [0.25, 0.3) is 11.0 Å². The summed E-state index contributed by atoms with van der Waals surface area (Å²) in [5, 5.41) is 0. The molecule has 6 heteroatoms.